The first kappa shape index (κ1) is 21.3. The maximum atomic E-state index is 13.3. The smallest absolute Gasteiger partial charge is 0.254 e. The normalized spacial score (nSPS) is 21.0. The number of phenols is 1. The summed E-state index contributed by atoms with van der Waals surface area (Å²) in [5.41, 5.74) is 2.74. The van der Waals surface area contributed by atoms with Gasteiger partial charge in [-0.25, -0.2) is 0 Å². The van der Waals surface area contributed by atoms with Gasteiger partial charge in [-0.3, -0.25) is 9.69 Å². The zero-order chi connectivity index (χ0) is 21.0. The van der Waals surface area contributed by atoms with E-state index in [4.69, 9.17) is 0 Å². The minimum atomic E-state index is -0.0997. The molecule has 1 amide bonds. The van der Waals surface area contributed by atoms with Crippen LogP contribution in [-0.4, -0.2) is 59.1 Å². The third-order valence-corrected chi connectivity index (χ3v) is 5.87. The van der Waals surface area contributed by atoms with Gasteiger partial charge >= 0.3 is 0 Å². The van der Waals surface area contributed by atoms with E-state index in [2.05, 4.69) is 30.1 Å². The average molecular weight is 396 g/mol. The van der Waals surface area contributed by atoms with Crippen molar-refractivity contribution in [2.24, 2.45) is 0 Å². The third-order valence-electron chi connectivity index (χ3n) is 5.87. The van der Waals surface area contributed by atoms with Crippen molar-refractivity contribution in [3.8, 4) is 5.75 Å². The molecule has 0 bridgehead atoms. The van der Waals surface area contributed by atoms with Crippen LogP contribution in [0.4, 0.5) is 0 Å². The molecule has 1 aliphatic rings. The number of hydrogen-bond donors (Lipinski definition) is 2. The largest absolute Gasteiger partial charge is 0.508 e. The molecule has 0 radical (unpaired) electrons. The van der Waals surface area contributed by atoms with Crippen molar-refractivity contribution in [3.05, 3.63) is 65.2 Å². The van der Waals surface area contributed by atoms with Gasteiger partial charge in [0.1, 0.15) is 5.75 Å². The number of benzene rings is 2. The van der Waals surface area contributed by atoms with Gasteiger partial charge in [0.05, 0.1) is 6.04 Å². The maximum Gasteiger partial charge on any atom is 0.254 e. The number of phenolic OH excluding ortho intramolecular Hbond substituents is 1. The highest BCUT2D eigenvalue weighted by atomic mass is 16.3. The Kier molecular flexibility index (Phi) is 6.93. The van der Waals surface area contributed by atoms with Gasteiger partial charge in [0.2, 0.25) is 0 Å². The van der Waals surface area contributed by atoms with Crippen LogP contribution in [0.25, 0.3) is 0 Å². The second-order valence-corrected chi connectivity index (χ2v) is 7.92. The van der Waals surface area contributed by atoms with Crippen LogP contribution in [0.1, 0.15) is 55.2 Å². The standard InChI is InChI=1S/C24H33N3O2/c1-5-26(6-2)24(29)22-13-8-7-12-21(22)23(19-10-9-11-20(28)14-19)27-16-17(3)25-15-18(27)4/h7-14,17-18,23,25,28H,5-6,15-16H2,1-4H3/t17-,18+,23+/m0/s1. The van der Waals surface area contributed by atoms with Crippen LogP contribution in [0.15, 0.2) is 48.5 Å². The number of carbonyl (C=O) groups is 1. The molecule has 2 aromatic rings. The van der Waals surface area contributed by atoms with E-state index in [9.17, 15) is 9.90 Å². The lowest BCUT2D eigenvalue weighted by Crippen LogP contribution is -2.55. The first-order valence-electron chi connectivity index (χ1n) is 10.6. The zero-order valence-corrected chi connectivity index (χ0v) is 17.9. The van der Waals surface area contributed by atoms with Crippen molar-refractivity contribution >= 4 is 5.91 Å². The van der Waals surface area contributed by atoms with Gasteiger partial charge in [-0.2, -0.15) is 0 Å². The maximum absolute atomic E-state index is 13.3. The second kappa shape index (κ2) is 9.42. The Morgan fingerprint density at radius 2 is 1.90 bits per heavy atom. The van der Waals surface area contributed by atoms with Gasteiger partial charge in [0.15, 0.2) is 0 Å². The summed E-state index contributed by atoms with van der Waals surface area (Å²) in [4.78, 5) is 17.6. The molecular formula is C24H33N3O2. The molecule has 5 heteroatoms. The fourth-order valence-corrected chi connectivity index (χ4v) is 4.27. The van der Waals surface area contributed by atoms with Crippen LogP contribution in [0.2, 0.25) is 0 Å². The molecule has 1 heterocycles. The lowest BCUT2D eigenvalue weighted by Gasteiger charge is -2.43. The number of carbonyl (C=O) groups excluding carboxylic acids is 1. The monoisotopic (exact) mass is 395 g/mol. The summed E-state index contributed by atoms with van der Waals surface area (Å²) in [7, 11) is 0. The molecule has 5 nitrogen and oxygen atoms in total. The van der Waals surface area contributed by atoms with Crippen LogP contribution >= 0.6 is 0 Å². The van der Waals surface area contributed by atoms with Crippen LogP contribution < -0.4 is 5.32 Å². The number of rotatable bonds is 6. The highest BCUT2D eigenvalue weighted by Crippen LogP contribution is 2.35. The van der Waals surface area contributed by atoms with Crippen molar-refractivity contribution in [3.63, 3.8) is 0 Å². The van der Waals surface area contributed by atoms with Crippen molar-refractivity contribution in [2.75, 3.05) is 26.2 Å². The van der Waals surface area contributed by atoms with E-state index in [0.29, 0.717) is 25.2 Å². The molecule has 3 rings (SSSR count). The van der Waals surface area contributed by atoms with Crippen molar-refractivity contribution in [2.45, 2.75) is 45.8 Å². The average Bonchev–Trinajstić information content (AvgIpc) is 2.72. The van der Waals surface area contributed by atoms with E-state index in [1.54, 1.807) is 6.07 Å². The second-order valence-electron chi connectivity index (χ2n) is 7.92. The molecule has 0 saturated carbocycles. The van der Waals surface area contributed by atoms with Crippen molar-refractivity contribution in [1.29, 1.82) is 0 Å². The highest BCUT2D eigenvalue weighted by Gasteiger charge is 2.33. The van der Waals surface area contributed by atoms with Gasteiger partial charge < -0.3 is 15.3 Å². The summed E-state index contributed by atoms with van der Waals surface area (Å²) < 4.78 is 0. The number of nitrogens with zero attached hydrogens (tertiary/aromatic N) is 2. The molecule has 1 aliphatic heterocycles. The number of piperazine rings is 1. The predicted octanol–water partition coefficient (Wildman–Crippen LogP) is 3.65. The van der Waals surface area contributed by atoms with Crippen LogP contribution in [0.5, 0.6) is 5.75 Å². The van der Waals surface area contributed by atoms with E-state index in [0.717, 1.165) is 29.8 Å². The Labute approximate surface area is 174 Å². The van der Waals surface area contributed by atoms with E-state index in [-0.39, 0.29) is 17.7 Å². The highest BCUT2D eigenvalue weighted by molar-refractivity contribution is 5.96. The van der Waals surface area contributed by atoms with Gasteiger partial charge in [-0.05, 0) is 57.0 Å². The van der Waals surface area contributed by atoms with Gasteiger partial charge in [0, 0.05) is 43.8 Å². The lowest BCUT2D eigenvalue weighted by atomic mass is 9.90. The minimum absolute atomic E-state index is 0.0617. The van der Waals surface area contributed by atoms with E-state index in [1.807, 2.05) is 55.1 Å². The molecule has 156 valence electrons. The number of aromatic hydroxyl groups is 1. The van der Waals surface area contributed by atoms with Gasteiger partial charge in [-0.15, -0.1) is 0 Å². The lowest BCUT2D eigenvalue weighted by molar-refractivity contribution is 0.0764. The fraction of sp³-hybridized carbons (Fsp3) is 0.458. The van der Waals surface area contributed by atoms with Gasteiger partial charge in [0.25, 0.3) is 5.91 Å². The molecule has 1 saturated heterocycles. The van der Waals surface area contributed by atoms with Crippen LogP contribution in [0.3, 0.4) is 0 Å². The first-order valence-corrected chi connectivity index (χ1v) is 10.6. The SMILES string of the molecule is CCN(CC)C(=O)c1ccccc1[C@@H](c1cccc(O)c1)N1C[C@H](C)NC[C@H]1C. The Morgan fingerprint density at radius 3 is 2.59 bits per heavy atom. The summed E-state index contributed by atoms with van der Waals surface area (Å²) in [5, 5.41) is 13.7. The molecule has 0 unspecified atom stereocenters. The topological polar surface area (TPSA) is 55.8 Å². The fourth-order valence-electron chi connectivity index (χ4n) is 4.27. The molecule has 2 N–H and O–H groups in total. The van der Waals surface area contributed by atoms with E-state index >= 15 is 0 Å². The Morgan fingerprint density at radius 1 is 1.17 bits per heavy atom. The van der Waals surface area contributed by atoms with Crippen molar-refractivity contribution in [1.82, 2.24) is 15.1 Å². The van der Waals surface area contributed by atoms with E-state index < -0.39 is 0 Å². The summed E-state index contributed by atoms with van der Waals surface area (Å²) in [6.07, 6.45) is 0. The molecule has 2 aromatic carbocycles. The molecule has 1 fully saturated rings. The molecule has 29 heavy (non-hydrogen) atoms. The molecule has 0 spiro atoms. The number of amides is 1. The predicted molar refractivity (Wildman–Crippen MR) is 117 cm³/mol. The Balaban J connectivity index is 2.14. The minimum Gasteiger partial charge on any atom is -0.508 e. The zero-order valence-electron chi connectivity index (χ0n) is 17.9. The van der Waals surface area contributed by atoms with E-state index in [1.165, 1.54) is 0 Å². The van der Waals surface area contributed by atoms with Crippen LogP contribution in [0, 0.1) is 0 Å². The third kappa shape index (κ3) is 4.62. The number of hydrogen-bond acceptors (Lipinski definition) is 4. The Bertz CT molecular complexity index is 834. The summed E-state index contributed by atoms with van der Waals surface area (Å²) >= 11 is 0. The van der Waals surface area contributed by atoms with Gasteiger partial charge in [-0.1, -0.05) is 30.3 Å². The number of nitrogens with one attached hydrogen (secondary N) is 1. The summed E-state index contributed by atoms with van der Waals surface area (Å²) in [6.45, 7) is 11.5. The molecule has 0 aromatic heterocycles. The molecule has 0 aliphatic carbocycles. The van der Waals surface area contributed by atoms with Crippen LogP contribution in [-0.2, 0) is 0 Å². The molecule has 3 atom stereocenters. The first-order chi connectivity index (χ1) is 14.0. The quantitative estimate of drug-likeness (QED) is 0.784. The molecular weight excluding hydrogens is 362 g/mol. The van der Waals surface area contributed by atoms with Crippen molar-refractivity contribution < 1.29 is 9.90 Å². The summed E-state index contributed by atoms with van der Waals surface area (Å²) in [5.74, 6) is 0.308. The Hall–Kier alpha value is -2.37. The summed E-state index contributed by atoms with van der Waals surface area (Å²) in [6, 6.07) is 15.9.